The summed E-state index contributed by atoms with van der Waals surface area (Å²) in [6.45, 7) is 17.3. The van der Waals surface area contributed by atoms with Crippen LogP contribution in [0.25, 0.3) is 0 Å². The van der Waals surface area contributed by atoms with Crippen LogP contribution in [0.3, 0.4) is 0 Å². The van der Waals surface area contributed by atoms with Gasteiger partial charge in [0.15, 0.2) is 0 Å². The third-order valence-corrected chi connectivity index (χ3v) is 16.2. The number of fused-ring (bicyclic) bond motifs is 4. The smallest absolute Gasteiger partial charge is 0.410 e. The molecular weight excluding hydrogens is 637 g/mol. The predicted molar refractivity (Wildman–Crippen MR) is 177 cm³/mol. The molecule has 1 amide bonds. The van der Waals surface area contributed by atoms with Crippen molar-refractivity contribution >= 4 is 6.09 Å². The van der Waals surface area contributed by atoms with Gasteiger partial charge in [0, 0.05) is 37.1 Å². The molecule has 7 fully saturated rings. The van der Waals surface area contributed by atoms with Gasteiger partial charge in [0.05, 0.1) is 23.9 Å². The number of alkyl halides is 3. The summed E-state index contributed by atoms with van der Waals surface area (Å²) in [5.41, 5.74) is -1.58. The Kier molecular flexibility index (Phi) is 8.45. The summed E-state index contributed by atoms with van der Waals surface area (Å²) in [5, 5.41) is 26.1. The van der Waals surface area contributed by atoms with E-state index in [2.05, 4.69) is 39.9 Å². The van der Waals surface area contributed by atoms with E-state index < -0.39 is 42.7 Å². The summed E-state index contributed by atoms with van der Waals surface area (Å²) in [6.07, 6.45) is 0.572. The summed E-state index contributed by atoms with van der Waals surface area (Å²) in [7, 11) is 0. The molecule has 1 unspecified atom stereocenters. The van der Waals surface area contributed by atoms with E-state index in [1.165, 1.54) is 4.90 Å². The van der Waals surface area contributed by atoms with Crippen molar-refractivity contribution < 1.29 is 42.4 Å². The predicted octanol–water partition coefficient (Wildman–Crippen LogP) is 6.32. The third-order valence-electron chi connectivity index (χ3n) is 16.2. The highest BCUT2D eigenvalue weighted by Crippen LogP contribution is 2.89. The second-order valence-corrected chi connectivity index (χ2v) is 19.0. The molecule has 5 aliphatic carbocycles. The lowest BCUT2D eigenvalue weighted by Gasteiger charge is -2.63. The molecule has 2 aliphatic heterocycles. The Bertz CT molecular complexity index is 1310. The summed E-state index contributed by atoms with van der Waals surface area (Å²) in [4.78, 5) is 14.5. The zero-order valence-electron chi connectivity index (χ0n) is 30.9. The number of aliphatic hydroxyl groups is 2. The fourth-order valence-corrected chi connectivity index (χ4v) is 14.0. The van der Waals surface area contributed by atoms with E-state index in [-0.39, 0.29) is 64.4 Å². The maximum Gasteiger partial charge on any atom is 0.410 e. The number of rotatable bonds is 5. The van der Waals surface area contributed by atoms with Crippen molar-refractivity contribution in [2.24, 2.45) is 50.7 Å². The molecular formula is C38H61F3N2O6. The summed E-state index contributed by atoms with van der Waals surface area (Å²) < 4.78 is 59.4. The molecule has 8 nitrogen and oxygen atoms in total. The van der Waals surface area contributed by atoms with Gasteiger partial charge in [-0.1, -0.05) is 34.6 Å². The molecule has 0 aromatic rings. The number of hydrogen-bond donors (Lipinski definition) is 3. The molecule has 14 atom stereocenters. The van der Waals surface area contributed by atoms with Crippen LogP contribution in [0, 0.1) is 50.7 Å². The number of carbonyl (C=O) groups excluding carboxylic acids is 1. The van der Waals surface area contributed by atoms with E-state index in [9.17, 15) is 28.2 Å². The van der Waals surface area contributed by atoms with Crippen LogP contribution in [-0.2, 0) is 14.2 Å². The van der Waals surface area contributed by atoms with Crippen LogP contribution in [0.2, 0.25) is 0 Å². The van der Waals surface area contributed by atoms with E-state index in [1.807, 2.05) is 6.92 Å². The first-order valence-corrected chi connectivity index (χ1v) is 19.1. The monoisotopic (exact) mass is 698 g/mol. The minimum Gasteiger partial charge on any atom is -0.446 e. The van der Waals surface area contributed by atoms with Crippen LogP contribution in [0.15, 0.2) is 0 Å². The second-order valence-electron chi connectivity index (χ2n) is 19.0. The summed E-state index contributed by atoms with van der Waals surface area (Å²) in [6, 6.07) is -1.74. The number of carbonyl (C=O) groups is 1. The number of hydrogen-bond acceptors (Lipinski definition) is 7. The molecule has 2 saturated heterocycles. The lowest BCUT2D eigenvalue weighted by molar-refractivity contribution is -0.215. The van der Waals surface area contributed by atoms with Gasteiger partial charge in [-0.3, -0.25) is 0 Å². The van der Waals surface area contributed by atoms with Crippen molar-refractivity contribution in [1.29, 1.82) is 0 Å². The van der Waals surface area contributed by atoms with Crippen LogP contribution in [0.5, 0.6) is 0 Å². The molecule has 0 radical (unpaired) electrons. The van der Waals surface area contributed by atoms with Gasteiger partial charge in [0.2, 0.25) is 0 Å². The van der Waals surface area contributed by atoms with Crippen molar-refractivity contribution in [3.05, 3.63) is 0 Å². The van der Waals surface area contributed by atoms with Gasteiger partial charge in [-0.25, -0.2) is 4.79 Å². The maximum atomic E-state index is 13.4. The Morgan fingerprint density at radius 1 is 1.06 bits per heavy atom. The van der Waals surface area contributed by atoms with Gasteiger partial charge in [-0.2, -0.15) is 13.2 Å². The largest absolute Gasteiger partial charge is 0.446 e. The zero-order valence-corrected chi connectivity index (χ0v) is 30.9. The number of aliphatic hydroxyl groups excluding tert-OH is 1. The fourth-order valence-electron chi connectivity index (χ4n) is 14.0. The summed E-state index contributed by atoms with van der Waals surface area (Å²) in [5.74, 6) is 1.20. The van der Waals surface area contributed by atoms with Gasteiger partial charge in [0.1, 0.15) is 18.2 Å². The first-order valence-electron chi connectivity index (χ1n) is 19.1. The molecule has 49 heavy (non-hydrogen) atoms. The van der Waals surface area contributed by atoms with E-state index in [1.54, 1.807) is 13.8 Å². The van der Waals surface area contributed by atoms with Crippen molar-refractivity contribution in [3.8, 4) is 0 Å². The van der Waals surface area contributed by atoms with E-state index in [0.717, 1.165) is 44.9 Å². The quantitative estimate of drug-likeness (QED) is 0.309. The Hall–Kier alpha value is -1.14. The van der Waals surface area contributed by atoms with Crippen molar-refractivity contribution in [2.45, 2.75) is 155 Å². The molecule has 7 aliphatic rings. The molecule has 0 bridgehead atoms. The number of nitrogens with one attached hydrogen (secondary N) is 1. The first kappa shape index (κ1) is 36.2. The highest BCUT2D eigenvalue weighted by Gasteiger charge is 2.85. The van der Waals surface area contributed by atoms with Gasteiger partial charge < -0.3 is 34.6 Å². The Balaban J connectivity index is 1.11. The van der Waals surface area contributed by atoms with Crippen molar-refractivity contribution in [2.75, 3.05) is 26.2 Å². The van der Waals surface area contributed by atoms with Crippen LogP contribution in [0.1, 0.15) is 107 Å². The van der Waals surface area contributed by atoms with E-state index in [0.29, 0.717) is 30.8 Å². The van der Waals surface area contributed by atoms with E-state index in [4.69, 9.17) is 14.2 Å². The minimum atomic E-state index is -4.42. The molecule has 11 heteroatoms. The highest BCUT2D eigenvalue weighted by molar-refractivity contribution is 5.68. The van der Waals surface area contributed by atoms with Gasteiger partial charge in [-0.15, -0.1) is 0 Å². The molecule has 0 aromatic carbocycles. The minimum absolute atomic E-state index is 0.0885. The Morgan fingerprint density at radius 3 is 2.39 bits per heavy atom. The van der Waals surface area contributed by atoms with Crippen molar-refractivity contribution in [1.82, 2.24) is 10.2 Å². The molecule has 2 spiro atoms. The van der Waals surface area contributed by atoms with Gasteiger partial charge >= 0.3 is 12.3 Å². The topological polar surface area (TPSA) is 100 Å². The lowest BCUT2D eigenvalue weighted by Crippen LogP contribution is -2.61. The highest BCUT2D eigenvalue weighted by atomic mass is 19.4. The number of piperazine rings is 1. The van der Waals surface area contributed by atoms with Gasteiger partial charge in [0.25, 0.3) is 0 Å². The lowest BCUT2D eigenvalue weighted by atomic mass is 9.41. The maximum absolute atomic E-state index is 13.4. The van der Waals surface area contributed by atoms with Crippen molar-refractivity contribution in [3.63, 3.8) is 0 Å². The number of nitrogens with zero attached hydrogens (tertiary/aromatic N) is 1. The fraction of sp³-hybridized carbons (Fsp3) is 0.974. The molecule has 0 aromatic heterocycles. The van der Waals surface area contributed by atoms with E-state index >= 15 is 0 Å². The molecule has 3 N–H and O–H groups in total. The normalized spacial score (nSPS) is 49.5. The van der Waals surface area contributed by atoms with Crippen LogP contribution < -0.4 is 5.32 Å². The molecule has 2 heterocycles. The zero-order chi connectivity index (χ0) is 35.7. The van der Waals surface area contributed by atoms with Crippen LogP contribution in [0.4, 0.5) is 18.0 Å². The molecule has 7 rings (SSSR count). The Morgan fingerprint density at radius 2 is 1.73 bits per heavy atom. The second kappa shape index (κ2) is 11.4. The number of amides is 1. The third kappa shape index (κ3) is 4.96. The summed E-state index contributed by atoms with van der Waals surface area (Å²) >= 11 is 0. The Labute approximate surface area is 290 Å². The SMILES string of the molecule is CCO[C@@H]([C@H]1C[C@@H](C)[C@H]2[C@H](O1)[C@H](O)[C@@]1(C)[C@@H]3CC[C@H]4C(C)(C)[C@@H](OC(=O)N5CCNC(C(F)(F)F)C5)CC[C@@]45C[C@@]35CC[C@]21C)C(C)(C)O. The molecule has 280 valence electrons. The average Bonchev–Trinajstić information content (AvgIpc) is 3.65. The van der Waals surface area contributed by atoms with Crippen LogP contribution >= 0.6 is 0 Å². The first-order chi connectivity index (χ1) is 22.7. The number of halogens is 3. The number of ether oxygens (including phenoxy) is 3. The van der Waals surface area contributed by atoms with Gasteiger partial charge in [-0.05, 0) is 112 Å². The molecule has 5 saturated carbocycles. The average molecular weight is 699 g/mol. The standard InChI is InChI=1S/C38H61F3N2O6/c1-9-47-30(33(5,6)46)22-18-21(2)27-28(48-22)29(44)35(8)24-11-10-23-32(3,4)26(12-13-36(23)20-37(24,36)15-14-34(27,35)7)49-31(45)43-17-16-42-25(19-43)38(39,40)41/h21-30,42,44,46H,9-20H2,1-8H3/t21-,22-,23+,24+,25?,26+,27+,28+,29+,30+,34-,35-,36-,37+/m1/s1. The van der Waals surface area contributed by atoms with Crippen LogP contribution in [-0.4, -0.2) is 95.8 Å².